The lowest BCUT2D eigenvalue weighted by atomic mass is 9.85. The van der Waals surface area contributed by atoms with Crippen molar-refractivity contribution in [1.29, 1.82) is 0 Å². The summed E-state index contributed by atoms with van der Waals surface area (Å²) in [4.78, 5) is 43.1. The Morgan fingerprint density at radius 1 is 1.20 bits per heavy atom. The van der Waals surface area contributed by atoms with Gasteiger partial charge in [-0.15, -0.1) is 0 Å². The number of furan rings is 1. The summed E-state index contributed by atoms with van der Waals surface area (Å²) in [5, 5.41) is 11.5. The largest absolute Gasteiger partial charge is 0.463 e. The third-order valence-electron chi connectivity index (χ3n) is 6.89. The minimum Gasteiger partial charge on any atom is -0.463 e. The van der Waals surface area contributed by atoms with Crippen LogP contribution < -0.4 is 14.9 Å². The number of nitrogens with zero attached hydrogens (tertiary/aromatic N) is 3. The number of nitro groups is 1. The minimum absolute atomic E-state index is 0.0632. The smallest absolute Gasteiger partial charge is 0.338 e. The van der Waals surface area contributed by atoms with Crippen molar-refractivity contribution in [2.75, 3.05) is 6.61 Å². The summed E-state index contributed by atoms with van der Waals surface area (Å²) in [5.74, 6) is -0.203. The molecular formula is C31H29N3O6S. The minimum atomic E-state index is -0.714. The van der Waals surface area contributed by atoms with Gasteiger partial charge in [0.05, 0.1) is 45.2 Å². The molecule has 1 aliphatic heterocycles. The van der Waals surface area contributed by atoms with E-state index in [0.29, 0.717) is 37.5 Å². The predicted octanol–water partition coefficient (Wildman–Crippen LogP) is 5.26. The van der Waals surface area contributed by atoms with Crippen LogP contribution in [0, 0.1) is 10.1 Å². The molecule has 4 aromatic rings. The molecule has 0 saturated heterocycles. The van der Waals surface area contributed by atoms with E-state index in [1.807, 2.05) is 24.3 Å². The average Bonchev–Trinajstić information content (AvgIpc) is 3.51. The van der Waals surface area contributed by atoms with Gasteiger partial charge in [-0.25, -0.2) is 9.79 Å². The number of allylic oxidation sites excluding steroid dienone is 1. The monoisotopic (exact) mass is 571 g/mol. The molecule has 3 heterocycles. The van der Waals surface area contributed by atoms with Crippen molar-refractivity contribution < 1.29 is 18.9 Å². The van der Waals surface area contributed by atoms with Crippen molar-refractivity contribution in [2.45, 2.75) is 46.1 Å². The van der Waals surface area contributed by atoms with Crippen molar-refractivity contribution >= 4 is 29.1 Å². The number of ether oxygens (including phenoxy) is 1. The first-order valence-corrected chi connectivity index (χ1v) is 13.9. The molecule has 0 fully saturated rings. The summed E-state index contributed by atoms with van der Waals surface area (Å²) < 4.78 is 12.9. The number of thiazole rings is 1. The van der Waals surface area contributed by atoms with Crippen LogP contribution >= 0.6 is 11.3 Å². The molecular weight excluding hydrogens is 542 g/mol. The molecule has 0 aliphatic carbocycles. The number of carbonyl (C=O) groups is 1. The fourth-order valence-electron chi connectivity index (χ4n) is 4.83. The third kappa shape index (κ3) is 5.30. The van der Waals surface area contributed by atoms with Gasteiger partial charge in [-0.05, 0) is 48.6 Å². The van der Waals surface area contributed by atoms with Crippen molar-refractivity contribution in [2.24, 2.45) is 4.99 Å². The molecule has 210 valence electrons. The van der Waals surface area contributed by atoms with Crippen LogP contribution in [0.4, 0.5) is 5.69 Å². The van der Waals surface area contributed by atoms with Crippen LogP contribution in [0.25, 0.3) is 17.4 Å². The molecule has 0 spiro atoms. The Kier molecular flexibility index (Phi) is 7.35. The van der Waals surface area contributed by atoms with Crippen LogP contribution in [-0.2, 0) is 14.9 Å². The molecule has 0 saturated carbocycles. The quantitative estimate of drug-likeness (QED) is 0.177. The van der Waals surface area contributed by atoms with E-state index in [9.17, 15) is 19.7 Å². The lowest BCUT2D eigenvalue weighted by Gasteiger charge is -2.26. The zero-order valence-electron chi connectivity index (χ0n) is 23.3. The number of nitro benzene ring substituents is 1. The maximum Gasteiger partial charge on any atom is 0.338 e. The van der Waals surface area contributed by atoms with E-state index in [1.165, 1.54) is 28.2 Å². The number of rotatable bonds is 6. The maximum absolute atomic E-state index is 13.9. The van der Waals surface area contributed by atoms with Crippen LogP contribution in [0.2, 0.25) is 0 Å². The SMILES string of the molecule is CCOC(=O)C1=C(C)N=c2sc(=Cc3coc(-c4ccccc4[N+](=O)[O-])c3)c(=O)n2C1c1ccc(C(C)(C)C)cc1. The van der Waals surface area contributed by atoms with Gasteiger partial charge < -0.3 is 9.15 Å². The number of carbonyl (C=O) groups excluding carboxylic acids is 1. The van der Waals surface area contributed by atoms with Gasteiger partial charge in [-0.2, -0.15) is 0 Å². The second kappa shape index (κ2) is 10.8. The summed E-state index contributed by atoms with van der Waals surface area (Å²) in [5.41, 5.74) is 3.15. The van der Waals surface area contributed by atoms with Crippen LogP contribution in [0.15, 0.2) is 86.3 Å². The number of hydrogen-bond donors (Lipinski definition) is 0. The van der Waals surface area contributed by atoms with Gasteiger partial charge in [0.15, 0.2) is 4.80 Å². The Hall–Kier alpha value is -4.57. The first-order valence-electron chi connectivity index (χ1n) is 13.1. The molecule has 2 aromatic carbocycles. The summed E-state index contributed by atoms with van der Waals surface area (Å²) in [6.07, 6.45) is 3.11. The fraction of sp³-hybridized carbons (Fsp3) is 0.258. The first-order chi connectivity index (χ1) is 19.5. The Morgan fingerprint density at radius 3 is 2.56 bits per heavy atom. The van der Waals surface area contributed by atoms with Gasteiger partial charge in [-0.1, -0.05) is 68.5 Å². The first kappa shape index (κ1) is 28.0. The number of para-hydroxylation sites is 1. The van der Waals surface area contributed by atoms with Gasteiger partial charge >= 0.3 is 5.97 Å². The average molecular weight is 572 g/mol. The highest BCUT2D eigenvalue weighted by atomic mass is 32.1. The topological polar surface area (TPSA) is 117 Å². The number of benzene rings is 2. The second-order valence-electron chi connectivity index (χ2n) is 10.7. The van der Waals surface area contributed by atoms with E-state index >= 15 is 0 Å². The number of fused-ring (bicyclic) bond motifs is 1. The number of hydrogen-bond acceptors (Lipinski definition) is 8. The molecule has 0 N–H and O–H groups in total. The lowest BCUT2D eigenvalue weighted by Crippen LogP contribution is -2.40. The molecule has 0 amide bonds. The van der Waals surface area contributed by atoms with Crippen molar-refractivity contribution in [3.8, 4) is 11.3 Å². The Labute approximate surface area is 239 Å². The van der Waals surface area contributed by atoms with Crippen molar-refractivity contribution in [3.05, 3.63) is 119 Å². The standard InChI is InChI=1S/C31H29N3O6S/c1-6-39-29(36)26-18(2)32-30-33(27(26)20-11-13-21(14-12-20)31(3,4)5)28(35)25(41-30)16-19-15-24(40-17-19)22-9-7-8-10-23(22)34(37)38/h7-17,27H,6H2,1-5H3. The highest BCUT2D eigenvalue weighted by Gasteiger charge is 2.33. The van der Waals surface area contributed by atoms with Crippen LogP contribution in [0.5, 0.6) is 0 Å². The van der Waals surface area contributed by atoms with Crippen molar-refractivity contribution in [1.82, 2.24) is 4.57 Å². The summed E-state index contributed by atoms with van der Waals surface area (Å²) in [6.45, 7) is 10.0. The van der Waals surface area contributed by atoms with Gasteiger partial charge in [0.25, 0.3) is 11.2 Å². The van der Waals surface area contributed by atoms with E-state index < -0.39 is 16.9 Å². The van der Waals surface area contributed by atoms with Crippen molar-refractivity contribution in [3.63, 3.8) is 0 Å². The fourth-order valence-corrected chi connectivity index (χ4v) is 5.88. The van der Waals surface area contributed by atoms with Gasteiger partial charge in [0.1, 0.15) is 5.76 Å². The molecule has 9 nitrogen and oxygen atoms in total. The molecule has 5 rings (SSSR count). The molecule has 2 aromatic heterocycles. The molecule has 0 radical (unpaired) electrons. The van der Waals surface area contributed by atoms with E-state index in [2.05, 4.69) is 25.8 Å². The molecule has 1 aliphatic rings. The zero-order valence-corrected chi connectivity index (χ0v) is 24.2. The van der Waals surface area contributed by atoms with Crippen LogP contribution in [0.3, 0.4) is 0 Å². The molecule has 0 bridgehead atoms. The van der Waals surface area contributed by atoms with Gasteiger partial charge in [0, 0.05) is 11.6 Å². The lowest BCUT2D eigenvalue weighted by molar-refractivity contribution is -0.384. The van der Waals surface area contributed by atoms with Crippen LogP contribution in [0.1, 0.15) is 57.4 Å². The predicted molar refractivity (Wildman–Crippen MR) is 156 cm³/mol. The molecule has 1 atom stereocenters. The Morgan fingerprint density at radius 2 is 1.90 bits per heavy atom. The number of aromatic nitrogens is 1. The van der Waals surface area contributed by atoms with E-state index in [-0.39, 0.29) is 23.3 Å². The zero-order chi connectivity index (χ0) is 29.5. The number of esters is 1. The third-order valence-corrected chi connectivity index (χ3v) is 7.88. The Bertz CT molecular complexity index is 1870. The summed E-state index contributed by atoms with van der Waals surface area (Å²) in [7, 11) is 0. The maximum atomic E-state index is 13.9. The van der Waals surface area contributed by atoms with E-state index in [1.54, 1.807) is 44.2 Å². The second-order valence-corrected chi connectivity index (χ2v) is 11.7. The molecule has 10 heteroatoms. The normalized spacial score (nSPS) is 15.4. The van der Waals surface area contributed by atoms with Gasteiger partial charge in [0.2, 0.25) is 0 Å². The summed E-state index contributed by atoms with van der Waals surface area (Å²) >= 11 is 1.20. The van der Waals surface area contributed by atoms with E-state index in [0.717, 1.165) is 11.1 Å². The summed E-state index contributed by atoms with van der Waals surface area (Å²) in [6, 6.07) is 15.1. The highest BCUT2D eigenvalue weighted by molar-refractivity contribution is 7.07. The molecule has 1 unspecified atom stereocenters. The Balaban J connectivity index is 1.63. The van der Waals surface area contributed by atoms with E-state index in [4.69, 9.17) is 9.15 Å². The van der Waals surface area contributed by atoms with Gasteiger partial charge in [-0.3, -0.25) is 19.5 Å². The highest BCUT2D eigenvalue weighted by Crippen LogP contribution is 2.33. The van der Waals surface area contributed by atoms with Crippen LogP contribution in [-0.4, -0.2) is 22.1 Å². The molecule has 41 heavy (non-hydrogen) atoms.